The maximum atomic E-state index is 13.5. The van der Waals surface area contributed by atoms with E-state index in [-0.39, 0.29) is 18.2 Å². The van der Waals surface area contributed by atoms with E-state index in [1.54, 1.807) is 0 Å². The smallest absolute Gasteiger partial charge is 0.251 e. The average Bonchev–Trinajstić information content (AvgIpc) is 2.36. The quantitative estimate of drug-likeness (QED) is 0.466. The summed E-state index contributed by atoms with van der Waals surface area (Å²) in [7, 11) is 1.44. The molecule has 1 aliphatic rings. The molecule has 0 aliphatic carbocycles. The molecule has 3 N–H and O–H groups in total. The van der Waals surface area contributed by atoms with Crippen molar-refractivity contribution in [3.05, 3.63) is 21.5 Å². The number of carbonyl (C=O) groups is 2. The molecule has 102 valence electrons. The lowest BCUT2D eigenvalue weighted by atomic mass is 10.0. The van der Waals surface area contributed by atoms with E-state index in [9.17, 15) is 14.0 Å². The largest absolute Gasteiger partial charge is 0.397 e. The molecule has 1 aromatic carbocycles. The molecule has 7 heteroatoms. The summed E-state index contributed by atoms with van der Waals surface area (Å²) in [5.74, 6) is -0.926. The molecular weight excluding hydrogens is 364 g/mol. The molecule has 1 fully saturated rings. The van der Waals surface area contributed by atoms with Gasteiger partial charge in [0.1, 0.15) is 11.9 Å². The SMILES string of the molecule is CN1C(=O)CCC(Nc2cc(F)c(I)cc2N)C1=O. The summed E-state index contributed by atoms with van der Waals surface area (Å²) >= 11 is 1.84. The highest BCUT2D eigenvalue weighted by Crippen LogP contribution is 2.26. The minimum absolute atomic E-state index is 0.204. The van der Waals surface area contributed by atoms with Crippen LogP contribution in [-0.4, -0.2) is 29.8 Å². The van der Waals surface area contributed by atoms with E-state index >= 15 is 0 Å². The molecule has 1 aromatic rings. The normalized spacial score (nSPS) is 19.7. The number of nitrogens with two attached hydrogens (primary N) is 1. The van der Waals surface area contributed by atoms with E-state index < -0.39 is 11.9 Å². The van der Waals surface area contributed by atoms with E-state index in [0.717, 1.165) is 4.90 Å². The summed E-state index contributed by atoms with van der Waals surface area (Å²) in [5.41, 5.74) is 6.54. The van der Waals surface area contributed by atoms with Crippen molar-refractivity contribution in [1.82, 2.24) is 4.90 Å². The first-order chi connectivity index (χ1) is 8.90. The van der Waals surface area contributed by atoms with Crippen LogP contribution in [0.5, 0.6) is 0 Å². The summed E-state index contributed by atoms with van der Waals surface area (Å²) in [6.07, 6.45) is 0.668. The summed E-state index contributed by atoms with van der Waals surface area (Å²) in [6.45, 7) is 0. The molecule has 1 saturated heterocycles. The summed E-state index contributed by atoms with van der Waals surface area (Å²) < 4.78 is 13.9. The number of hydrogen-bond acceptors (Lipinski definition) is 4. The number of likely N-dealkylation sites (tertiary alicyclic amines) is 1. The van der Waals surface area contributed by atoms with Crippen molar-refractivity contribution in [2.24, 2.45) is 0 Å². The maximum absolute atomic E-state index is 13.5. The van der Waals surface area contributed by atoms with Crippen molar-refractivity contribution in [2.45, 2.75) is 18.9 Å². The van der Waals surface area contributed by atoms with Crippen molar-refractivity contribution >= 4 is 45.8 Å². The highest BCUT2D eigenvalue weighted by atomic mass is 127. The first-order valence-corrected chi connectivity index (χ1v) is 6.79. The Labute approximate surface area is 123 Å². The van der Waals surface area contributed by atoms with Gasteiger partial charge >= 0.3 is 0 Å². The Bertz CT molecular complexity index is 550. The summed E-state index contributed by atoms with van der Waals surface area (Å²) in [4.78, 5) is 24.4. The van der Waals surface area contributed by atoms with Crippen LogP contribution in [-0.2, 0) is 9.59 Å². The van der Waals surface area contributed by atoms with Crippen molar-refractivity contribution in [3.8, 4) is 0 Å². The second-order valence-electron chi connectivity index (χ2n) is 4.38. The number of carbonyl (C=O) groups excluding carboxylic acids is 2. The van der Waals surface area contributed by atoms with Gasteiger partial charge in [0.25, 0.3) is 5.91 Å². The zero-order chi connectivity index (χ0) is 14.2. The number of piperidine rings is 1. The van der Waals surface area contributed by atoms with Gasteiger partial charge in [-0.1, -0.05) is 0 Å². The van der Waals surface area contributed by atoms with Gasteiger partial charge in [-0.2, -0.15) is 0 Å². The lowest BCUT2D eigenvalue weighted by Gasteiger charge is -2.29. The molecule has 1 aliphatic heterocycles. The molecule has 0 spiro atoms. The number of amides is 2. The van der Waals surface area contributed by atoms with Crippen molar-refractivity contribution in [3.63, 3.8) is 0 Å². The fourth-order valence-corrected chi connectivity index (χ4v) is 2.42. The zero-order valence-corrected chi connectivity index (χ0v) is 12.4. The number of likely N-dealkylation sites (N-methyl/N-ethyl adjacent to an activating group) is 1. The Hall–Kier alpha value is -1.38. The summed E-state index contributed by atoms with van der Waals surface area (Å²) in [5, 5.41) is 2.91. The van der Waals surface area contributed by atoms with Gasteiger partial charge in [0.2, 0.25) is 5.91 Å². The van der Waals surface area contributed by atoms with Gasteiger partial charge in [0.15, 0.2) is 0 Å². The molecule has 0 saturated carbocycles. The third-order valence-corrected chi connectivity index (χ3v) is 3.90. The van der Waals surface area contributed by atoms with Crippen LogP contribution in [0.3, 0.4) is 0 Å². The molecule has 0 bridgehead atoms. The van der Waals surface area contributed by atoms with Crippen LogP contribution in [0.15, 0.2) is 12.1 Å². The lowest BCUT2D eigenvalue weighted by molar-refractivity contribution is -0.146. The van der Waals surface area contributed by atoms with Crippen LogP contribution in [0, 0.1) is 9.39 Å². The van der Waals surface area contributed by atoms with Gasteiger partial charge in [0, 0.05) is 19.5 Å². The second-order valence-corrected chi connectivity index (χ2v) is 5.54. The molecule has 1 heterocycles. The maximum Gasteiger partial charge on any atom is 0.251 e. The van der Waals surface area contributed by atoms with Crippen molar-refractivity contribution in [1.29, 1.82) is 0 Å². The Kier molecular flexibility index (Phi) is 3.93. The summed E-state index contributed by atoms with van der Waals surface area (Å²) in [6, 6.07) is 2.21. The molecule has 0 radical (unpaired) electrons. The third kappa shape index (κ3) is 2.80. The van der Waals surface area contributed by atoms with Gasteiger partial charge in [-0.15, -0.1) is 0 Å². The molecule has 1 unspecified atom stereocenters. The number of nitrogens with one attached hydrogen (secondary N) is 1. The van der Waals surface area contributed by atoms with Crippen LogP contribution < -0.4 is 11.1 Å². The molecule has 2 amide bonds. The first-order valence-electron chi connectivity index (χ1n) is 5.71. The Morgan fingerprint density at radius 2 is 2.16 bits per heavy atom. The van der Waals surface area contributed by atoms with Crippen molar-refractivity contribution in [2.75, 3.05) is 18.1 Å². The number of benzene rings is 1. The van der Waals surface area contributed by atoms with Gasteiger partial charge in [-0.05, 0) is 35.1 Å². The monoisotopic (exact) mass is 377 g/mol. The number of nitrogen functional groups attached to an aromatic ring is 1. The lowest BCUT2D eigenvalue weighted by Crippen LogP contribution is -2.48. The number of nitrogens with zero attached hydrogens (tertiary/aromatic N) is 1. The van der Waals surface area contributed by atoms with E-state index in [4.69, 9.17) is 5.73 Å². The number of halogens is 2. The number of imide groups is 1. The molecular formula is C12H13FIN3O2. The molecule has 5 nitrogen and oxygen atoms in total. The number of anilines is 2. The average molecular weight is 377 g/mol. The standard InChI is InChI=1S/C12H13FIN3O2/c1-17-11(18)3-2-9(12(17)19)16-10-4-6(13)7(14)5-8(10)15/h4-5,9,16H,2-3,15H2,1H3. The Morgan fingerprint density at radius 1 is 1.47 bits per heavy atom. The highest BCUT2D eigenvalue weighted by Gasteiger charge is 2.31. The molecule has 19 heavy (non-hydrogen) atoms. The van der Waals surface area contributed by atoms with E-state index in [2.05, 4.69) is 5.32 Å². The minimum Gasteiger partial charge on any atom is -0.397 e. The van der Waals surface area contributed by atoms with Gasteiger partial charge in [0.05, 0.1) is 14.9 Å². The van der Waals surface area contributed by atoms with Crippen LogP contribution in [0.2, 0.25) is 0 Å². The predicted molar refractivity (Wildman–Crippen MR) is 78.0 cm³/mol. The Balaban J connectivity index is 2.20. The number of hydrogen-bond donors (Lipinski definition) is 2. The Morgan fingerprint density at radius 3 is 2.84 bits per heavy atom. The van der Waals surface area contributed by atoms with Crippen LogP contribution in [0.4, 0.5) is 15.8 Å². The minimum atomic E-state index is -0.551. The fourth-order valence-electron chi connectivity index (χ4n) is 1.92. The van der Waals surface area contributed by atoms with Gasteiger partial charge < -0.3 is 11.1 Å². The van der Waals surface area contributed by atoms with E-state index in [0.29, 0.717) is 21.4 Å². The van der Waals surface area contributed by atoms with Crippen LogP contribution in [0.25, 0.3) is 0 Å². The predicted octanol–water partition coefficient (Wildman–Crippen LogP) is 1.57. The van der Waals surface area contributed by atoms with Gasteiger partial charge in [-0.25, -0.2) is 4.39 Å². The van der Waals surface area contributed by atoms with E-state index in [1.807, 2.05) is 22.6 Å². The van der Waals surface area contributed by atoms with Crippen LogP contribution in [0.1, 0.15) is 12.8 Å². The van der Waals surface area contributed by atoms with Gasteiger partial charge in [-0.3, -0.25) is 14.5 Å². The number of rotatable bonds is 2. The third-order valence-electron chi connectivity index (χ3n) is 3.07. The van der Waals surface area contributed by atoms with Crippen LogP contribution >= 0.6 is 22.6 Å². The molecule has 1 atom stereocenters. The topological polar surface area (TPSA) is 75.4 Å². The van der Waals surface area contributed by atoms with E-state index in [1.165, 1.54) is 19.2 Å². The highest BCUT2D eigenvalue weighted by molar-refractivity contribution is 14.1. The fraction of sp³-hybridized carbons (Fsp3) is 0.333. The molecule has 0 aromatic heterocycles. The second kappa shape index (κ2) is 5.32. The van der Waals surface area contributed by atoms with Crippen molar-refractivity contribution < 1.29 is 14.0 Å². The first kappa shape index (κ1) is 14.0. The molecule has 2 rings (SSSR count). The zero-order valence-electron chi connectivity index (χ0n) is 10.2.